The second-order valence-electron chi connectivity index (χ2n) is 8.70. The number of benzene rings is 2. The number of hydrogen-bond acceptors (Lipinski definition) is 3. The Morgan fingerprint density at radius 3 is 2.50 bits per heavy atom. The summed E-state index contributed by atoms with van der Waals surface area (Å²) in [6.07, 6.45) is 6.26. The van der Waals surface area contributed by atoms with Gasteiger partial charge in [-0.15, -0.1) is 0 Å². The standard InChI is InChI=1S/C27H31FN2O2/c1-20-7-5-6-8-22(20)18-30(24-9-3-2-4-10-24)19-25-15-16-26(32-25)27(31)29-17-21-11-13-23(28)14-12-21/h5-8,11-16,24H,2-4,9-10,17-19H2,1H3,(H,29,31). The summed E-state index contributed by atoms with van der Waals surface area (Å²) >= 11 is 0. The van der Waals surface area contributed by atoms with Crippen molar-refractivity contribution in [1.82, 2.24) is 10.2 Å². The maximum atomic E-state index is 13.0. The molecular weight excluding hydrogens is 403 g/mol. The van der Waals surface area contributed by atoms with Gasteiger partial charge in [-0.05, 0) is 60.7 Å². The highest BCUT2D eigenvalue weighted by Crippen LogP contribution is 2.27. The third-order valence-electron chi connectivity index (χ3n) is 6.34. The van der Waals surface area contributed by atoms with Crippen LogP contribution in [0.25, 0.3) is 0 Å². The van der Waals surface area contributed by atoms with Crippen LogP contribution in [0.1, 0.15) is 65.1 Å². The molecule has 168 valence electrons. The van der Waals surface area contributed by atoms with Crippen molar-refractivity contribution in [3.63, 3.8) is 0 Å². The average molecular weight is 435 g/mol. The Hall–Kier alpha value is -2.92. The Balaban J connectivity index is 1.41. The zero-order chi connectivity index (χ0) is 22.3. The third-order valence-corrected chi connectivity index (χ3v) is 6.34. The molecule has 0 aliphatic heterocycles. The van der Waals surface area contributed by atoms with Gasteiger partial charge in [0.05, 0.1) is 6.54 Å². The molecular formula is C27H31FN2O2. The molecule has 5 heteroatoms. The van der Waals surface area contributed by atoms with Crippen LogP contribution in [0.4, 0.5) is 4.39 Å². The number of halogens is 1. The lowest BCUT2D eigenvalue weighted by molar-refractivity contribution is 0.0913. The van der Waals surface area contributed by atoms with Crippen LogP contribution in [-0.2, 0) is 19.6 Å². The summed E-state index contributed by atoms with van der Waals surface area (Å²) in [5, 5.41) is 2.84. The Morgan fingerprint density at radius 2 is 1.75 bits per heavy atom. The first kappa shape index (κ1) is 22.3. The highest BCUT2D eigenvalue weighted by atomic mass is 19.1. The van der Waals surface area contributed by atoms with E-state index in [9.17, 15) is 9.18 Å². The van der Waals surface area contributed by atoms with E-state index in [1.54, 1.807) is 18.2 Å². The van der Waals surface area contributed by atoms with E-state index in [2.05, 4.69) is 41.4 Å². The van der Waals surface area contributed by atoms with Gasteiger partial charge in [-0.25, -0.2) is 4.39 Å². The number of hydrogen-bond donors (Lipinski definition) is 1. The van der Waals surface area contributed by atoms with Crippen molar-refractivity contribution >= 4 is 5.91 Å². The zero-order valence-corrected chi connectivity index (χ0v) is 18.6. The number of amides is 1. The summed E-state index contributed by atoms with van der Waals surface area (Å²) in [7, 11) is 0. The van der Waals surface area contributed by atoms with Crippen molar-refractivity contribution < 1.29 is 13.6 Å². The van der Waals surface area contributed by atoms with E-state index >= 15 is 0 Å². The largest absolute Gasteiger partial charge is 0.455 e. The highest BCUT2D eigenvalue weighted by Gasteiger charge is 2.23. The molecule has 4 rings (SSSR count). The number of carbonyl (C=O) groups excluding carboxylic acids is 1. The lowest BCUT2D eigenvalue weighted by Gasteiger charge is -2.34. The molecule has 1 aromatic heterocycles. The normalized spacial score (nSPS) is 14.6. The number of rotatable bonds is 8. The Kier molecular flexibility index (Phi) is 7.38. The smallest absolute Gasteiger partial charge is 0.287 e. The molecule has 0 radical (unpaired) electrons. The van der Waals surface area contributed by atoms with Crippen LogP contribution >= 0.6 is 0 Å². The molecule has 1 aliphatic rings. The summed E-state index contributed by atoms with van der Waals surface area (Å²) in [6.45, 7) is 4.05. The molecule has 0 spiro atoms. The van der Waals surface area contributed by atoms with E-state index in [4.69, 9.17) is 4.42 Å². The molecule has 0 saturated heterocycles. The van der Waals surface area contributed by atoms with Gasteiger partial charge >= 0.3 is 0 Å². The van der Waals surface area contributed by atoms with Crippen LogP contribution in [0.3, 0.4) is 0 Å². The fraction of sp³-hybridized carbons (Fsp3) is 0.370. The zero-order valence-electron chi connectivity index (χ0n) is 18.6. The molecule has 1 N–H and O–H groups in total. The number of aryl methyl sites for hydroxylation is 1. The molecule has 1 amide bonds. The SMILES string of the molecule is Cc1ccccc1CN(Cc1ccc(C(=O)NCc2ccc(F)cc2)o1)C1CCCCC1. The van der Waals surface area contributed by atoms with E-state index in [-0.39, 0.29) is 11.7 Å². The van der Waals surface area contributed by atoms with Gasteiger partial charge in [0.1, 0.15) is 11.6 Å². The van der Waals surface area contributed by atoms with E-state index in [0.717, 1.165) is 17.9 Å². The minimum Gasteiger partial charge on any atom is -0.455 e. The minimum absolute atomic E-state index is 0.260. The van der Waals surface area contributed by atoms with E-state index in [1.165, 1.54) is 55.4 Å². The van der Waals surface area contributed by atoms with Crippen molar-refractivity contribution in [1.29, 1.82) is 0 Å². The second-order valence-corrected chi connectivity index (χ2v) is 8.70. The summed E-state index contributed by atoms with van der Waals surface area (Å²) in [5.74, 6) is 0.561. The molecule has 0 unspecified atom stereocenters. The average Bonchev–Trinajstić information content (AvgIpc) is 3.29. The number of furan rings is 1. The lowest BCUT2D eigenvalue weighted by Crippen LogP contribution is -2.36. The maximum absolute atomic E-state index is 13.0. The predicted molar refractivity (Wildman–Crippen MR) is 124 cm³/mol. The topological polar surface area (TPSA) is 45.5 Å². The van der Waals surface area contributed by atoms with E-state index < -0.39 is 0 Å². The molecule has 1 saturated carbocycles. The first-order chi connectivity index (χ1) is 15.6. The van der Waals surface area contributed by atoms with Gasteiger partial charge < -0.3 is 9.73 Å². The molecule has 1 heterocycles. The van der Waals surface area contributed by atoms with Crippen LogP contribution in [0, 0.1) is 12.7 Å². The Labute approximate surface area is 189 Å². The Morgan fingerprint density at radius 1 is 1.00 bits per heavy atom. The monoisotopic (exact) mass is 434 g/mol. The van der Waals surface area contributed by atoms with Gasteiger partial charge in [0, 0.05) is 19.1 Å². The summed E-state index contributed by atoms with van der Waals surface area (Å²) < 4.78 is 19.0. The second kappa shape index (κ2) is 10.6. The van der Waals surface area contributed by atoms with Crippen LogP contribution in [0.2, 0.25) is 0 Å². The summed E-state index contributed by atoms with van der Waals surface area (Å²) in [4.78, 5) is 15.0. The van der Waals surface area contributed by atoms with Crippen molar-refractivity contribution in [2.45, 2.75) is 64.7 Å². The molecule has 0 bridgehead atoms. The van der Waals surface area contributed by atoms with E-state index in [0.29, 0.717) is 24.9 Å². The van der Waals surface area contributed by atoms with Gasteiger partial charge in [-0.2, -0.15) is 0 Å². The van der Waals surface area contributed by atoms with Crippen molar-refractivity contribution in [2.75, 3.05) is 0 Å². The van der Waals surface area contributed by atoms with Gasteiger partial charge in [0.25, 0.3) is 5.91 Å². The fourth-order valence-corrected chi connectivity index (χ4v) is 4.42. The van der Waals surface area contributed by atoms with Crippen molar-refractivity contribution in [3.8, 4) is 0 Å². The minimum atomic E-state index is -0.288. The molecule has 4 nitrogen and oxygen atoms in total. The molecule has 1 aliphatic carbocycles. The first-order valence-corrected chi connectivity index (χ1v) is 11.5. The van der Waals surface area contributed by atoms with Gasteiger partial charge in [-0.1, -0.05) is 55.7 Å². The van der Waals surface area contributed by atoms with Crippen molar-refractivity contribution in [3.05, 3.63) is 94.7 Å². The van der Waals surface area contributed by atoms with Gasteiger partial charge in [0.15, 0.2) is 5.76 Å². The number of carbonyl (C=O) groups is 1. The summed E-state index contributed by atoms with van der Waals surface area (Å²) in [5.41, 5.74) is 3.48. The molecule has 3 aromatic rings. The van der Waals surface area contributed by atoms with Crippen molar-refractivity contribution in [2.24, 2.45) is 0 Å². The molecule has 32 heavy (non-hydrogen) atoms. The van der Waals surface area contributed by atoms with Crippen LogP contribution in [0.5, 0.6) is 0 Å². The van der Waals surface area contributed by atoms with Gasteiger partial charge in [0.2, 0.25) is 0 Å². The lowest BCUT2D eigenvalue weighted by atomic mass is 9.93. The Bertz CT molecular complexity index is 1020. The molecule has 1 fully saturated rings. The van der Waals surface area contributed by atoms with E-state index in [1.807, 2.05) is 6.07 Å². The summed E-state index contributed by atoms with van der Waals surface area (Å²) in [6, 6.07) is 18.8. The van der Waals surface area contributed by atoms with Crippen LogP contribution in [-0.4, -0.2) is 16.8 Å². The van der Waals surface area contributed by atoms with Crippen LogP contribution in [0.15, 0.2) is 65.1 Å². The van der Waals surface area contributed by atoms with Gasteiger partial charge in [-0.3, -0.25) is 9.69 Å². The molecule has 2 aromatic carbocycles. The highest BCUT2D eigenvalue weighted by molar-refractivity contribution is 5.91. The first-order valence-electron chi connectivity index (χ1n) is 11.5. The fourth-order valence-electron chi connectivity index (χ4n) is 4.42. The maximum Gasteiger partial charge on any atom is 0.287 e. The quantitative estimate of drug-likeness (QED) is 0.473. The number of nitrogens with one attached hydrogen (secondary N) is 1. The number of nitrogens with zero attached hydrogens (tertiary/aromatic N) is 1. The third kappa shape index (κ3) is 5.86. The van der Waals surface area contributed by atoms with Crippen LogP contribution < -0.4 is 5.32 Å². The predicted octanol–water partition coefficient (Wildman–Crippen LogP) is 5.99. The molecule has 0 atom stereocenters.